The summed E-state index contributed by atoms with van der Waals surface area (Å²) in [6.45, 7) is 4.29. The van der Waals surface area contributed by atoms with Crippen LogP contribution in [0.5, 0.6) is 0 Å². The van der Waals surface area contributed by atoms with Crippen molar-refractivity contribution in [1.82, 2.24) is 0 Å². The maximum absolute atomic E-state index is 14.6. The van der Waals surface area contributed by atoms with E-state index in [9.17, 15) is 8.78 Å². The Morgan fingerprint density at radius 2 is 1.75 bits per heavy atom. The highest BCUT2D eigenvalue weighted by molar-refractivity contribution is 5.86. The number of aryl methyl sites for hydroxylation is 2. The third-order valence-electron chi connectivity index (χ3n) is 5.51. The van der Waals surface area contributed by atoms with Crippen LogP contribution in [0.25, 0.3) is 10.8 Å². The molecule has 0 N–H and O–H groups in total. The summed E-state index contributed by atoms with van der Waals surface area (Å²) in [5.74, 6) is -0.599. The molecule has 0 bridgehead atoms. The van der Waals surface area contributed by atoms with Gasteiger partial charge in [-0.2, -0.15) is 0 Å². The molecule has 2 heteroatoms. The van der Waals surface area contributed by atoms with Crippen LogP contribution in [-0.4, -0.2) is 0 Å². The van der Waals surface area contributed by atoms with Gasteiger partial charge in [0.15, 0.2) is 11.6 Å². The molecular weight excluding hydrogens is 302 g/mol. The Labute approximate surface area is 144 Å². The van der Waals surface area contributed by atoms with Gasteiger partial charge in [0.25, 0.3) is 0 Å². The maximum atomic E-state index is 14.6. The van der Waals surface area contributed by atoms with Gasteiger partial charge >= 0.3 is 0 Å². The van der Waals surface area contributed by atoms with E-state index in [0.29, 0.717) is 23.3 Å². The number of rotatable bonds is 6. The van der Waals surface area contributed by atoms with Crippen LogP contribution in [0.1, 0.15) is 69.1 Å². The van der Waals surface area contributed by atoms with Crippen LogP contribution in [0.2, 0.25) is 0 Å². The van der Waals surface area contributed by atoms with Gasteiger partial charge in [-0.3, -0.25) is 0 Å². The van der Waals surface area contributed by atoms with Crippen LogP contribution < -0.4 is 0 Å². The molecule has 0 heterocycles. The zero-order valence-electron chi connectivity index (χ0n) is 14.9. The molecular formula is C22H28F2. The van der Waals surface area contributed by atoms with Crippen molar-refractivity contribution in [3.8, 4) is 0 Å². The summed E-state index contributed by atoms with van der Waals surface area (Å²) in [5, 5.41) is 1.33. The van der Waals surface area contributed by atoms with E-state index in [1.807, 2.05) is 12.1 Å². The number of unbranched alkanes of at least 4 members (excludes halogenated alkanes) is 2. The molecule has 1 atom stereocenters. The Kier molecular flexibility index (Phi) is 5.53. The highest BCUT2D eigenvalue weighted by Gasteiger charge is 2.21. The van der Waals surface area contributed by atoms with Gasteiger partial charge in [-0.1, -0.05) is 45.6 Å². The quantitative estimate of drug-likeness (QED) is 0.549. The van der Waals surface area contributed by atoms with E-state index in [0.717, 1.165) is 31.1 Å². The zero-order chi connectivity index (χ0) is 17.1. The Hall–Kier alpha value is -1.44. The molecule has 1 aliphatic carbocycles. The number of halogens is 2. The lowest BCUT2D eigenvalue weighted by Crippen LogP contribution is -2.14. The van der Waals surface area contributed by atoms with Crippen molar-refractivity contribution in [3.63, 3.8) is 0 Å². The van der Waals surface area contributed by atoms with Gasteiger partial charge in [0, 0.05) is 5.39 Å². The lowest BCUT2D eigenvalue weighted by Gasteiger charge is -2.25. The number of hydrogen-bond donors (Lipinski definition) is 0. The van der Waals surface area contributed by atoms with E-state index < -0.39 is 11.6 Å². The highest BCUT2D eigenvalue weighted by atomic mass is 19.2. The van der Waals surface area contributed by atoms with E-state index in [-0.39, 0.29) is 0 Å². The summed E-state index contributed by atoms with van der Waals surface area (Å²) < 4.78 is 28.9. The van der Waals surface area contributed by atoms with Gasteiger partial charge in [0.05, 0.1) is 0 Å². The van der Waals surface area contributed by atoms with Gasteiger partial charge in [-0.25, -0.2) is 8.78 Å². The monoisotopic (exact) mass is 330 g/mol. The SMILES string of the molecule is CCCCc1cc2cc3c(cc2c(F)c1F)CC(CCCC)CC3. The van der Waals surface area contributed by atoms with Crippen LogP contribution >= 0.6 is 0 Å². The normalized spacial score (nSPS) is 17.2. The van der Waals surface area contributed by atoms with Crippen LogP contribution in [0.15, 0.2) is 18.2 Å². The molecule has 2 aromatic rings. The predicted molar refractivity (Wildman–Crippen MR) is 97.5 cm³/mol. The van der Waals surface area contributed by atoms with Crippen molar-refractivity contribution in [2.45, 2.75) is 71.6 Å². The molecule has 2 aromatic carbocycles. The minimum Gasteiger partial charge on any atom is -0.203 e. The van der Waals surface area contributed by atoms with Crippen molar-refractivity contribution in [3.05, 3.63) is 46.5 Å². The summed E-state index contributed by atoms with van der Waals surface area (Å²) in [6, 6.07) is 5.90. The summed E-state index contributed by atoms with van der Waals surface area (Å²) >= 11 is 0. The lowest BCUT2D eigenvalue weighted by atomic mass is 9.80. The van der Waals surface area contributed by atoms with Crippen LogP contribution in [-0.2, 0) is 19.3 Å². The fourth-order valence-electron chi connectivity index (χ4n) is 4.01. The predicted octanol–water partition coefficient (Wildman–Crippen LogP) is 6.76. The molecule has 0 fully saturated rings. The topological polar surface area (TPSA) is 0 Å². The van der Waals surface area contributed by atoms with Crippen molar-refractivity contribution in [1.29, 1.82) is 0 Å². The van der Waals surface area contributed by atoms with Crippen LogP contribution in [0.3, 0.4) is 0 Å². The largest absolute Gasteiger partial charge is 0.203 e. The molecule has 0 saturated carbocycles. The molecule has 1 unspecified atom stereocenters. The molecule has 0 aromatic heterocycles. The first-order valence-corrected chi connectivity index (χ1v) is 9.56. The maximum Gasteiger partial charge on any atom is 0.166 e. The minimum atomic E-state index is -0.655. The van der Waals surface area contributed by atoms with Gasteiger partial charge in [-0.15, -0.1) is 0 Å². The first-order chi connectivity index (χ1) is 11.6. The molecule has 0 nitrogen and oxygen atoms in total. The molecule has 130 valence electrons. The summed E-state index contributed by atoms with van der Waals surface area (Å²) in [5.41, 5.74) is 3.09. The second-order valence-corrected chi connectivity index (χ2v) is 7.36. The fourth-order valence-corrected chi connectivity index (χ4v) is 4.01. The van der Waals surface area contributed by atoms with Gasteiger partial charge < -0.3 is 0 Å². The Morgan fingerprint density at radius 3 is 2.50 bits per heavy atom. The van der Waals surface area contributed by atoms with Gasteiger partial charge in [0.2, 0.25) is 0 Å². The molecule has 1 aliphatic rings. The van der Waals surface area contributed by atoms with Crippen molar-refractivity contribution >= 4 is 10.8 Å². The zero-order valence-corrected chi connectivity index (χ0v) is 14.9. The van der Waals surface area contributed by atoms with Crippen molar-refractivity contribution < 1.29 is 8.78 Å². The molecule has 0 spiro atoms. The Morgan fingerprint density at radius 1 is 0.958 bits per heavy atom. The van der Waals surface area contributed by atoms with E-state index in [1.165, 1.54) is 36.8 Å². The molecule has 24 heavy (non-hydrogen) atoms. The van der Waals surface area contributed by atoms with Crippen LogP contribution in [0.4, 0.5) is 8.78 Å². The third kappa shape index (κ3) is 3.48. The van der Waals surface area contributed by atoms with Crippen molar-refractivity contribution in [2.24, 2.45) is 5.92 Å². The molecule has 0 amide bonds. The summed E-state index contributed by atoms with van der Waals surface area (Å²) in [7, 11) is 0. The Balaban J connectivity index is 1.95. The third-order valence-corrected chi connectivity index (χ3v) is 5.51. The van der Waals surface area contributed by atoms with E-state index in [2.05, 4.69) is 19.9 Å². The van der Waals surface area contributed by atoms with Crippen LogP contribution in [0, 0.1) is 17.6 Å². The highest BCUT2D eigenvalue weighted by Crippen LogP contribution is 2.34. The van der Waals surface area contributed by atoms with Gasteiger partial charge in [-0.05, 0) is 72.2 Å². The van der Waals surface area contributed by atoms with Gasteiger partial charge in [0.1, 0.15) is 0 Å². The van der Waals surface area contributed by atoms with Crippen molar-refractivity contribution in [2.75, 3.05) is 0 Å². The van der Waals surface area contributed by atoms with E-state index in [4.69, 9.17) is 0 Å². The number of hydrogen-bond acceptors (Lipinski definition) is 0. The average Bonchev–Trinajstić information content (AvgIpc) is 2.60. The molecule has 0 aliphatic heterocycles. The molecule has 0 radical (unpaired) electrons. The van der Waals surface area contributed by atoms with E-state index in [1.54, 1.807) is 0 Å². The minimum absolute atomic E-state index is 0.461. The summed E-state index contributed by atoms with van der Waals surface area (Å²) in [6.07, 6.45) is 9.55. The first-order valence-electron chi connectivity index (χ1n) is 9.56. The number of fused-ring (bicyclic) bond motifs is 2. The average molecular weight is 330 g/mol. The second-order valence-electron chi connectivity index (χ2n) is 7.36. The smallest absolute Gasteiger partial charge is 0.166 e. The lowest BCUT2D eigenvalue weighted by molar-refractivity contribution is 0.413. The molecule has 0 saturated heterocycles. The Bertz CT molecular complexity index is 718. The second kappa shape index (κ2) is 7.63. The molecule has 3 rings (SSSR count). The van der Waals surface area contributed by atoms with E-state index >= 15 is 0 Å². The fraction of sp³-hybridized carbons (Fsp3) is 0.545. The standard InChI is InChI=1S/C22H28F2/c1-3-5-7-15-9-10-16-12-19-13-17(8-6-4-2)21(23)22(24)20(19)14-18(16)11-15/h12-15H,3-11H2,1-2H3. The number of benzene rings is 2. The first kappa shape index (κ1) is 17.4. The summed E-state index contributed by atoms with van der Waals surface area (Å²) in [4.78, 5) is 0.